The van der Waals surface area contributed by atoms with E-state index in [9.17, 15) is 0 Å². The average molecular weight is 302 g/mol. The first-order valence-corrected chi connectivity index (χ1v) is 7.59. The molecular weight excluding hydrogens is 276 g/mol. The summed E-state index contributed by atoms with van der Waals surface area (Å²) < 4.78 is 0. The van der Waals surface area contributed by atoms with E-state index in [0.717, 1.165) is 23.2 Å². The number of hydrogen-bond acceptors (Lipinski definition) is 5. The maximum Gasteiger partial charge on any atom is 0.146 e. The summed E-state index contributed by atoms with van der Waals surface area (Å²) in [6.07, 6.45) is 1.51. The van der Waals surface area contributed by atoms with Gasteiger partial charge >= 0.3 is 0 Å². The van der Waals surface area contributed by atoms with E-state index in [-0.39, 0.29) is 16.9 Å². The molecule has 6 nitrogen and oxygen atoms in total. The molecule has 0 spiro atoms. The van der Waals surface area contributed by atoms with Gasteiger partial charge in [-0.1, -0.05) is 41.5 Å². The Kier molecular flexibility index (Phi) is 4.22. The molecule has 0 saturated carbocycles. The molecule has 0 radical (unpaired) electrons. The minimum Gasteiger partial charge on any atom is -0.360 e. The Morgan fingerprint density at radius 2 is 1.73 bits per heavy atom. The largest absolute Gasteiger partial charge is 0.360 e. The fourth-order valence-corrected chi connectivity index (χ4v) is 1.95. The van der Waals surface area contributed by atoms with E-state index in [1.54, 1.807) is 0 Å². The molecule has 1 unspecified atom stereocenters. The maximum atomic E-state index is 4.76. The van der Waals surface area contributed by atoms with Crippen LogP contribution in [0.1, 0.15) is 71.9 Å². The third kappa shape index (κ3) is 3.81. The molecule has 0 aliphatic rings. The van der Waals surface area contributed by atoms with Crippen molar-refractivity contribution in [3.63, 3.8) is 0 Å². The number of nitrogens with zero attached hydrogens (tertiary/aromatic N) is 4. The van der Waals surface area contributed by atoms with Gasteiger partial charge in [0.2, 0.25) is 0 Å². The van der Waals surface area contributed by atoms with Gasteiger partial charge in [0.05, 0.1) is 11.7 Å². The first-order valence-electron chi connectivity index (χ1n) is 7.59. The number of hydrogen-bond donors (Lipinski definition) is 2. The Hall–Kier alpha value is -1.98. The van der Waals surface area contributed by atoms with Crippen LogP contribution in [0.4, 0.5) is 5.82 Å². The molecule has 0 fully saturated rings. The van der Waals surface area contributed by atoms with Crippen molar-refractivity contribution in [3.05, 3.63) is 29.7 Å². The van der Waals surface area contributed by atoms with E-state index in [1.165, 1.54) is 6.33 Å². The molecule has 2 N–H and O–H groups in total. The van der Waals surface area contributed by atoms with Crippen LogP contribution in [-0.4, -0.2) is 25.1 Å². The predicted molar refractivity (Wildman–Crippen MR) is 87.9 cm³/mol. The first kappa shape index (κ1) is 16.4. The molecule has 0 aromatic carbocycles. The van der Waals surface area contributed by atoms with Crippen LogP contribution in [-0.2, 0) is 10.8 Å². The quantitative estimate of drug-likeness (QED) is 0.908. The number of aromatic nitrogens is 5. The van der Waals surface area contributed by atoms with Gasteiger partial charge in [-0.15, -0.1) is 0 Å². The number of H-pyrrole nitrogens is 1. The standard InChI is InChI=1S/C16H26N6/c1-10(13-17-9-18-22-13)19-12-8-11(15(2,3)4)20-14(21-12)16(5,6)7/h8-10H,1-7H3,(H,17,18,22)(H,19,20,21). The predicted octanol–water partition coefficient (Wildman–Crippen LogP) is 3.36. The van der Waals surface area contributed by atoms with E-state index in [4.69, 9.17) is 4.98 Å². The number of anilines is 1. The molecule has 0 amide bonds. The van der Waals surface area contributed by atoms with Crippen LogP contribution in [0.3, 0.4) is 0 Å². The summed E-state index contributed by atoms with van der Waals surface area (Å²) in [4.78, 5) is 13.6. The van der Waals surface area contributed by atoms with Gasteiger partial charge in [0.25, 0.3) is 0 Å². The average Bonchev–Trinajstić information content (AvgIpc) is 2.90. The van der Waals surface area contributed by atoms with Crippen molar-refractivity contribution in [1.82, 2.24) is 25.1 Å². The molecule has 0 saturated heterocycles. The molecule has 120 valence electrons. The lowest BCUT2D eigenvalue weighted by atomic mass is 9.90. The summed E-state index contributed by atoms with van der Waals surface area (Å²) >= 11 is 0. The summed E-state index contributed by atoms with van der Waals surface area (Å²) in [5, 5.41) is 10.2. The highest BCUT2D eigenvalue weighted by molar-refractivity contribution is 5.40. The molecule has 2 heterocycles. The van der Waals surface area contributed by atoms with Gasteiger partial charge in [-0.3, -0.25) is 5.10 Å². The zero-order valence-electron chi connectivity index (χ0n) is 14.5. The second kappa shape index (κ2) is 5.66. The molecule has 2 aromatic heterocycles. The fourth-order valence-electron chi connectivity index (χ4n) is 1.95. The van der Waals surface area contributed by atoms with Gasteiger partial charge in [-0.25, -0.2) is 15.0 Å². The van der Waals surface area contributed by atoms with E-state index in [0.29, 0.717) is 0 Å². The Labute approximate surface area is 132 Å². The van der Waals surface area contributed by atoms with Crippen molar-refractivity contribution in [2.24, 2.45) is 0 Å². The lowest BCUT2D eigenvalue weighted by Crippen LogP contribution is -2.23. The lowest BCUT2D eigenvalue weighted by molar-refractivity contribution is 0.514. The molecular formula is C16H26N6. The van der Waals surface area contributed by atoms with E-state index < -0.39 is 0 Å². The second-order valence-corrected chi connectivity index (χ2v) is 7.70. The van der Waals surface area contributed by atoms with Crippen molar-refractivity contribution >= 4 is 5.82 Å². The maximum absolute atomic E-state index is 4.76. The number of nitrogens with one attached hydrogen (secondary N) is 2. The zero-order chi connectivity index (χ0) is 16.5. The highest BCUT2D eigenvalue weighted by Gasteiger charge is 2.24. The third-order valence-electron chi connectivity index (χ3n) is 3.37. The van der Waals surface area contributed by atoms with Crippen molar-refractivity contribution in [2.75, 3.05) is 5.32 Å². The summed E-state index contributed by atoms with van der Waals surface area (Å²) in [6, 6.07) is 2.01. The summed E-state index contributed by atoms with van der Waals surface area (Å²) in [6.45, 7) is 14.9. The highest BCUT2D eigenvalue weighted by atomic mass is 15.2. The Morgan fingerprint density at radius 1 is 1.05 bits per heavy atom. The van der Waals surface area contributed by atoms with Gasteiger partial charge in [0.1, 0.15) is 23.8 Å². The summed E-state index contributed by atoms with van der Waals surface area (Å²) in [5.41, 5.74) is 0.891. The molecule has 22 heavy (non-hydrogen) atoms. The van der Waals surface area contributed by atoms with Crippen molar-refractivity contribution < 1.29 is 0 Å². The Morgan fingerprint density at radius 3 is 2.23 bits per heavy atom. The molecule has 0 aliphatic carbocycles. The van der Waals surface area contributed by atoms with Gasteiger partial charge in [0, 0.05) is 16.9 Å². The SMILES string of the molecule is CC(Nc1cc(C(C)(C)C)nc(C(C)(C)C)n1)c1ncn[nH]1. The normalized spacial score (nSPS) is 14.0. The summed E-state index contributed by atoms with van der Waals surface area (Å²) in [5.74, 6) is 2.44. The number of rotatable bonds is 3. The monoisotopic (exact) mass is 302 g/mol. The van der Waals surface area contributed by atoms with Gasteiger partial charge < -0.3 is 5.32 Å². The topological polar surface area (TPSA) is 79.4 Å². The van der Waals surface area contributed by atoms with Crippen LogP contribution >= 0.6 is 0 Å². The Bertz CT molecular complexity index is 587. The van der Waals surface area contributed by atoms with Crippen molar-refractivity contribution in [3.8, 4) is 0 Å². The van der Waals surface area contributed by atoms with Gasteiger partial charge in [-0.05, 0) is 6.92 Å². The van der Waals surface area contributed by atoms with Crippen LogP contribution in [0.5, 0.6) is 0 Å². The van der Waals surface area contributed by atoms with Crippen LogP contribution < -0.4 is 5.32 Å². The minimum atomic E-state index is -0.104. The molecule has 2 aromatic rings. The third-order valence-corrected chi connectivity index (χ3v) is 3.37. The fraction of sp³-hybridized carbons (Fsp3) is 0.625. The highest BCUT2D eigenvalue weighted by Crippen LogP contribution is 2.27. The summed E-state index contributed by atoms with van der Waals surface area (Å²) in [7, 11) is 0. The van der Waals surface area contributed by atoms with Crippen molar-refractivity contribution in [1.29, 1.82) is 0 Å². The van der Waals surface area contributed by atoms with E-state index in [2.05, 4.69) is 67.0 Å². The molecule has 1 atom stereocenters. The van der Waals surface area contributed by atoms with Crippen LogP contribution in [0.25, 0.3) is 0 Å². The van der Waals surface area contributed by atoms with Crippen LogP contribution in [0.15, 0.2) is 12.4 Å². The lowest BCUT2D eigenvalue weighted by Gasteiger charge is -2.24. The first-order chi connectivity index (χ1) is 10.1. The van der Waals surface area contributed by atoms with Crippen molar-refractivity contribution in [2.45, 2.75) is 65.3 Å². The number of aromatic amines is 1. The van der Waals surface area contributed by atoms with Crippen LogP contribution in [0.2, 0.25) is 0 Å². The zero-order valence-corrected chi connectivity index (χ0v) is 14.5. The minimum absolute atomic E-state index is 0.00182. The van der Waals surface area contributed by atoms with Gasteiger partial charge in [0.15, 0.2) is 0 Å². The van der Waals surface area contributed by atoms with Gasteiger partial charge in [-0.2, -0.15) is 5.10 Å². The molecule has 0 aliphatic heterocycles. The smallest absolute Gasteiger partial charge is 0.146 e. The van der Waals surface area contributed by atoms with E-state index >= 15 is 0 Å². The molecule has 2 rings (SSSR count). The van der Waals surface area contributed by atoms with Crippen LogP contribution in [0, 0.1) is 0 Å². The van der Waals surface area contributed by atoms with E-state index in [1.807, 2.05) is 13.0 Å². The molecule has 6 heteroatoms. The Balaban J connectivity index is 2.38. The molecule has 0 bridgehead atoms. The second-order valence-electron chi connectivity index (χ2n) is 7.70.